The molecule has 0 aliphatic carbocycles. The van der Waals surface area contributed by atoms with Crippen LogP contribution < -0.4 is 19.5 Å². The van der Waals surface area contributed by atoms with Gasteiger partial charge in [-0.15, -0.1) is 0 Å². The molecule has 6 nitrogen and oxygen atoms in total. The molecule has 1 aliphatic heterocycles. The van der Waals surface area contributed by atoms with Crippen LogP contribution in [-0.4, -0.2) is 51.3 Å². The van der Waals surface area contributed by atoms with E-state index in [9.17, 15) is 13.9 Å². The van der Waals surface area contributed by atoms with Crippen LogP contribution in [0.3, 0.4) is 0 Å². The van der Waals surface area contributed by atoms with Gasteiger partial charge in [0.2, 0.25) is 5.75 Å². The monoisotopic (exact) mass is 499 g/mol. The molecule has 1 heterocycles. The van der Waals surface area contributed by atoms with Gasteiger partial charge in [0.25, 0.3) is 0 Å². The fourth-order valence-electron chi connectivity index (χ4n) is 4.74. The number of aliphatic hydroxyl groups excluding tert-OH is 1. The molecule has 3 aromatic carbocycles. The molecule has 0 bridgehead atoms. The van der Waals surface area contributed by atoms with Crippen molar-refractivity contribution in [1.82, 2.24) is 5.32 Å². The quantitative estimate of drug-likeness (QED) is 0.454. The van der Waals surface area contributed by atoms with Crippen LogP contribution in [0.15, 0.2) is 60.7 Å². The van der Waals surface area contributed by atoms with E-state index in [-0.39, 0.29) is 36.3 Å². The largest absolute Gasteiger partial charge is 0.493 e. The first-order valence-electron chi connectivity index (χ1n) is 11.8. The summed E-state index contributed by atoms with van der Waals surface area (Å²) in [5.41, 5.74) is 2.52. The summed E-state index contributed by atoms with van der Waals surface area (Å²) in [6.45, 7) is 0.680. The number of rotatable bonds is 9. The summed E-state index contributed by atoms with van der Waals surface area (Å²) in [4.78, 5) is 0. The average molecular weight is 500 g/mol. The Hall–Kier alpha value is -3.20. The molecule has 3 unspecified atom stereocenters. The number of methoxy groups -OCH3 is 3. The van der Waals surface area contributed by atoms with E-state index < -0.39 is 6.10 Å². The molecule has 0 amide bonds. The minimum atomic E-state index is -0.696. The minimum absolute atomic E-state index is 0.264. The van der Waals surface area contributed by atoms with Gasteiger partial charge >= 0.3 is 0 Å². The molecule has 1 aliphatic rings. The fraction of sp³-hybridized carbons (Fsp3) is 0.357. The lowest BCUT2D eigenvalue weighted by molar-refractivity contribution is -0.0718. The van der Waals surface area contributed by atoms with Gasteiger partial charge in [-0.1, -0.05) is 30.3 Å². The van der Waals surface area contributed by atoms with E-state index in [1.807, 2.05) is 6.07 Å². The molecule has 0 saturated carbocycles. The minimum Gasteiger partial charge on any atom is -0.493 e. The van der Waals surface area contributed by atoms with Crippen LogP contribution in [0, 0.1) is 11.6 Å². The second-order valence-corrected chi connectivity index (χ2v) is 8.74. The van der Waals surface area contributed by atoms with Crippen LogP contribution in [0.2, 0.25) is 0 Å². The molecular weight excluding hydrogens is 468 g/mol. The Morgan fingerprint density at radius 2 is 1.44 bits per heavy atom. The zero-order valence-corrected chi connectivity index (χ0v) is 20.5. The Morgan fingerprint density at radius 1 is 0.861 bits per heavy atom. The highest BCUT2D eigenvalue weighted by Crippen LogP contribution is 2.40. The van der Waals surface area contributed by atoms with E-state index in [4.69, 9.17) is 18.9 Å². The third-order valence-corrected chi connectivity index (χ3v) is 6.60. The highest BCUT2D eigenvalue weighted by molar-refractivity contribution is 5.55. The zero-order chi connectivity index (χ0) is 25.7. The third-order valence-electron chi connectivity index (χ3n) is 6.60. The van der Waals surface area contributed by atoms with Crippen molar-refractivity contribution in [3.8, 4) is 17.2 Å². The predicted octanol–water partition coefficient (Wildman–Crippen LogP) is 4.43. The summed E-state index contributed by atoms with van der Waals surface area (Å²) in [5.74, 6) is 0.664. The van der Waals surface area contributed by atoms with Gasteiger partial charge in [0, 0.05) is 24.4 Å². The summed E-state index contributed by atoms with van der Waals surface area (Å²) in [5, 5.41) is 14.4. The Balaban J connectivity index is 1.48. The maximum absolute atomic E-state index is 13.6. The Labute approximate surface area is 209 Å². The summed E-state index contributed by atoms with van der Waals surface area (Å²) in [6, 6.07) is 15.7. The molecule has 0 radical (unpaired) electrons. The lowest BCUT2D eigenvalue weighted by atomic mass is 9.82. The van der Waals surface area contributed by atoms with E-state index in [1.54, 1.807) is 51.7 Å². The Bertz CT molecular complexity index is 1090. The molecular formula is C28H31F2NO5. The highest BCUT2D eigenvalue weighted by atomic mass is 19.1. The first-order chi connectivity index (χ1) is 17.4. The predicted molar refractivity (Wildman–Crippen MR) is 132 cm³/mol. The van der Waals surface area contributed by atoms with Gasteiger partial charge in [-0.2, -0.15) is 0 Å². The lowest BCUT2D eigenvalue weighted by Gasteiger charge is -2.38. The molecule has 0 aromatic heterocycles. The van der Waals surface area contributed by atoms with Gasteiger partial charge in [-0.05, 0) is 41.5 Å². The van der Waals surface area contributed by atoms with Crippen LogP contribution in [-0.2, 0) is 11.3 Å². The number of ether oxygens (including phenoxy) is 4. The fourth-order valence-corrected chi connectivity index (χ4v) is 4.74. The van der Waals surface area contributed by atoms with Crippen molar-refractivity contribution in [3.63, 3.8) is 0 Å². The van der Waals surface area contributed by atoms with Gasteiger partial charge < -0.3 is 29.4 Å². The molecule has 1 fully saturated rings. The van der Waals surface area contributed by atoms with E-state index >= 15 is 0 Å². The normalized spacial score (nSPS) is 19.8. The lowest BCUT2D eigenvalue weighted by Crippen LogP contribution is -2.50. The number of nitrogens with one attached hydrogen (secondary N) is 1. The van der Waals surface area contributed by atoms with Gasteiger partial charge in [0.05, 0.1) is 46.2 Å². The van der Waals surface area contributed by atoms with Crippen molar-refractivity contribution in [2.45, 2.75) is 37.1 Å². The van der Waals surface area contributed by atoms with Gasteiger partial charge in [-0.3, -0.25) is 0 Å². The maximum atomic E-state index is 13.6. The van der Waals surface area contributed by atoms with Crippen molar-refractivity contribution >= 4 is 0 Å². The number of halogens is 2. The summed E-state index contributed by atoms with van der Waals surface area (Å²) < 4.78 is 49.7. The molecule has 4 rings (SSSR count). The zero-order valence-electron chi connectivity index (χ0n) is 20.5. The Morgan fingerprint density at radius 3 is 1.94 bits per heavy atom. The van der Waals surface area contributed by atoms with E-state index in [0.29, 0.717) is 30.2 Å². The third kappa shape index (κ3) is 5.61. The van der Waals surface area contributed by atoms with E-state index in [1.165, 1.54) is 24.3 Å². The van der Waals surface area contributed by atoms with Crippen LogP contribution in [0.4, 0.5) is 8.78 Å². The molecule has 8 heteroatoms. The van der Waals surface area contributed by atoms with Crippen LogP contribution in [0.25, 0.3) is 0 Å². The van der Waals surface area contributed by atoms with Crippen molar-refractivity contribution in [2.24, 2.45) is 0 Å². The topological polar surface area (TPSA) is 69.2 Å². The molecule has 3 aromatic rings. The molecule has 192 valence electrons. The standard InChI is InChI=1S/C28H31F2NO5/c1-33-24-13-8-19(27(34-2)28(24)35-3)15-31-22-16-36-25(14-23(22)32)26(17-4-9-20(29)10-5-17)18-6-11-21(30)12-7-18/h4-13,22-23,25-26,31-32H,14-16H2,1-3H3. The summed E-state index contributed by atoms with van der Waals surface area (Å²) in [6.07, 6.45) is -0.719. The molecule has 36 heavy (non-hydrogen) atoms. The SMILES string of the molecule is COc1ccc(CNC2COC(C(c3ccc(F)cc3)c3ccc(F)cc3)CC2O)c(OC)c1OC. The maximum Gasteiger partial charge on any atom is 0.203 e. The summed E-state index contributed by atoms with van der Waals surface area (Å²) in [7, 11) is 4.68. The van der Waals surface area contributed by atoms with E-state index in [0.717, 1.165) is 16.7 Å². The van der Waals surface area contributed by atoms with Gasteiger partial charge in [0.1, 0.15) is 11.6 Å². The van der Waals surface area contributed by atoms with Crippen molar-refractivity contribution < 1.29 is 32.8 Å². The first kappa shape index (κ1) is 25.9. The van der Waals surface area contributed by atoms with Gasteiger partial charge in [-0.25, -0.2) is 8.78 Å². The molecule has 3 atom stereocenters. The average Bonchev–Trinajstić information content (AvgIpc) is 2.89. The van der Waals surface area contributed by atoms with Crippen LogP contribution in [0.1, 0.15) is 29.0 Å². The van der Waals surface area contributed by atoms with Crippen LogP contribution >= 0.6 is 0 Å². The number of benzene rings is 3. The Kier molecular flexibility index (Phi) is 8.40. The number of aliphatic hydroxyl groups is 1. The smallest absolute Gasteiger partial charge is 0.203 e. The van der Waals surface area contributed by atoms with E-state index in [2.05, 4.69) is 5.32 Å². The molecule has 1 saturated heterocycles. The number of hydrogen-bond acceptors (Lipinski definition) is 6. The van der Waals surface area contributed by atoms with Crippen molar-refractivity contribution in [2.75, 3.05) is 27.9 Å². The van der Waals surface area contributed by atoms with Crippen LogP contribution in [0.5, 0.6) is 17.2 Å². The van der Waals surface area contributed by atoms with Crippen molar-refractivity contribution in [3.05, 3.63) is 89.0 Å². The van der Waals surface area contributed by atoms with Crippen molar-refractivity contribution in [1.29, 1.82) is 0 Å². The number of hydrogen-bond donors (Lipinski definition) is 2. The second kappa shape index (κ2) is 11.7. The second-order valence-electron chi connectivity index (χ2n) is 8.74. The molecule has 2 N–H and O–H groups in total. The highest BCUT2D eigenvalue weighted by Gasteiger charge is 2.36. The molecule has 0 spiro atoms. The first-order valence-corrected chi connectivity index (χ1v) is 11.8. The van der Waals surface area contributed by atoms with Gasteiger partial charge in [0.15, 0.2) is 11.5 Å². The summed E-state index contributed by atoms with van der Waals surface area (Å²) >= 11 is 0.